The number of hydrogen-bond donors (Lipinski definition) is 3. The van der Waals surface area contributed by atoms with Gasteiger partial charge >= 0.3 is 0 Å². The summed E-state index contributed by atoms with van der Waals surface area (Å²) in [6.07, 6.45) is -3.13. The molecule has 3 rings (SSSR count). The normalized spacial score (nSPS) is 30.9. The minimum Gasteiger partial charge on any atom is -0.387 e. The van der Waals surface area contributed by atoms with Crippen molar-refractivity contribution >= 4 is 32.9 Å². The Morgan fingerprint density at radius 3 is 2.95 bits per heavy atom. The molecule has 1 aliphatic rings. The third-order valence-electron chi connectivity index (χ3n) is 3.15. The van der Waals surface area contributed by atoms with Crippen molar-refractivity contribution in [3.05, 3.63) is 23.4 Å². The van der Waals surface area contributed by atoms with Gasteiger partial charge in [0.1, 0.15) is 31.5 Å². The number of aliphatic hydroxyl groups excluding tert-OH is 2. The molecule has 0 saturated carbocycles. The van der Waals surface area contributed by atoms with Crippen LogP contribution in [0.4, 0.5) is 10.2 Å². The van der Waals surface area contributed by atoms with Crippen LogP contribution in [0.5, 0.6) is 0 Å². The molecule has 8 nitrogen and oxygen atoms in total. The molecule has 2 aromatic rings. The van der Waals surface area contributed by atoms with Crippen LogP contribution in [0.1, 0.15) is 7.60 Å². The van der Waals surface area contributed by atoms with Crippen LogP contribution in [0, 0.1) is 0 Å². The number of halogens is 2. The zero-order valence-electron chi connectivity index (χ0n) is 11.4. The molecule has 1 aliphatic heterocycles. The first kappa shape index (κ1) is 13.1. The highest BCUT2D eigenvalue weighted by Gasteiger charge is 2.43. The van der Waals surface area contributed by atoms with Crippen LogP contribution in [0.2, 0.25) is 0 Å². The van der Waals surface area contributed by atoms with Crippen molar-refractivity contribution in [3.8, 4) is 0 Å². The van der Waals surface area contributed by atoms with Crippen LogP contribution < -0.4 is 5.73 Å². The number of aliphatic hydroxyl groups is 2. The predicted octanol–water partition coefficient (Wildman–Crippen LogP) is 0.233. The molecule has 0 amide bonds. The molecule has 1 fully saturated rings. The minimum atomic E-state index is -1.40. The Kier molecular flexibility index (Phi) is 3.30. The first-order valence-electron chi connectivity index (χ1n) is 6.39. The Bertz CT molecular complexity index is 753. The van der Waals surface area contributed by atoms with E-state index in [1.165, 1.54) is 10.9 Å². The smallest absolute Gasteiger partial charge is 0.167 e. The molecule has 2 aromatic heterocycles. The van der Waals surface area contributed by atoms with Gasteiger partial charge in [-0.3, -0.25) is 4.57 Å². The average Bonchev–Trinajstić information content (AvgIpc) is 2.91. The number of imidazole rings is 1. The van der Waals surface area contributed by atoms with Gasteiger partial charge in [-0.1, -0.05) is 0 Å². The molecule has 0 bridgehead atoms. The molecule has 3 heterocycles. The molecular formula is C11H11BrFN5O3. The lowest BCUT2D eigenvalue weighted by atomic mass is 10.1. The van der Waals surface area contributed by atoms with Crippen molar-refractivity contribution in [2.75, 3.05) is 5.73 Å². The second-order valence-corrected chi connectivity index (χ2v) is 5.20. The first-order chi connectivity index (χ1) is 10.4. The van der Waals surface area contributed by atoms with Crippen LogP contribution in [0.15, 0.2) is 23.4 Å². The fourth-order valence-electron chi connectivity index (χ4n) is 2.16. The lowest BCUT2D eigenvalue weighted by Crippen LogP contribution is -2.30. The first-order valence-corrected chi connectivity index (χ1v) is 6.69. The number of fused-ring (bicyclic) bond motifs is 1. The maximum atomic E-state index is 12.9. The largest absolute Gasteiger partial charge is 0.387 e. The van der Waals surface area contributed by atoms with Gasteiger partial charge in [0.05, 0.1) is 6.30 Å². The van der Waals surface area contributed by atoms with Crippen LogP contribution in [-0.2, 0) is 4.74 Å². The monoisotopic (exact) mass is 361 g/mol. The van der Waals surface area contributed by atoms with E-state index in [2.05, 4.69) is 30.9 Å². The summed E-state index contributed by atoms with van der Waals surface area (Å²) in [6.45, 7) is 0. The molecule has 1 saturated heterocycles. The molecule has 0 radical (unpaired) electrons. The van der Waals surface area contributed by atoms with Gasteiger partial charge in [-0.05, 0) is 22.0 Å². The number of aromatic nitrogens is 4. The third kappa shape index (κ3) is 2.39. The highest BCUT2D eigenvalue weighted by Crippen LogP contribution is 2.33. The Morgan fingerprint density at radius 1 is 1.48 bits per heavy atom. The van der Waals surface area contributed by atoms with Gasteiger partial charge in [0, 0.05) is 0 Å². The summed E-state index contributed by atoms with van der Waals surface area (Å²) in [6, 6.07) is 0. The number of anilines is 1. The van der Waals surface area contributed by atoms with Gasteiger partial charge < -0.3 is 20.7 Å². The average molecular weight is 362 g/mol. The number of nitrogen functional groups attached to an aromatic ring is 1. The van der Waals surface area contributed by atoms with E-state index < -0.39 is 29.3 Å². The number of rotatable bonds is 2. The van der Waals surface area contributed by atoms with E-state index in [1.54, 1.807) is 0 Å². The van der Waals surface area contributed by atoms with E-state index in [9.17, 15) is 14.6 Å². The number of nitrogens with two attached hydrogens (primary N) is 1. The van der Waals surface area contributed by atoms with Crippen molar-refractivity contribution in [1.29, 1.82) is 0 Å². The number of ether oxygens (including phenoxy) is 1. The quantitative estimate of drug-likeness (QED) is 0.700. The SMILES string of the molecule is [3H]c1nc2c(N)ncnc2n1[C@@H]1O[C@H](/C=C(\F)Br)[C@@H](O)[C@H]1O. The number of nitrogens with zero attached hydrogens (tertiary/aromatic N) is 4. The molecular weight excluding hydrogens is 349 g/mol. The summed E-state index contributed by atoms with van der Waals surface area (Å²) >= 11 is 2.59. The lowest BCUT2D eigenvalue weighted by Gasteiger charge is -2.16. The van der Waals surface area contributed by atoms with E-state index >= 15 is 0 Å². The van der Waals surface area contributed by atoms with Crippen LogP contribution >= 0.6 is 15.9 Å². The van der Waals surface area contributed by atoms with Crippen molar-refractivity contribution in [2.24, 2.45) is 0 Å². The Hall–Kier alpha value is -1.62. The summed E-state index contributed by atoms with van der Waals surface area (Å²) < 4.78 is 26.7. The Morgan fingerprint density at radius 2 is 2.24 bits per heavy atom. The second-order valence-electron chi connectivity index (χ2n) is 4.44. The van der Waals surface area contributed by atoms with E-state index in [-0.39, 0.29) is 23.3 Å². The van der Waals surface area contributed by atoms with Gasteiger partial charge in [-0.15, -0.1) is 0 Å². The van der Waals surface area contributed by atoms with E-state index in [0.29, 0.717) is 0 Å². The molecule has 112 valence electrons. The predicted molar refractivity (Wildman–Crippen MR) is 73.8 cm³/mol. The fourth-order valence-corrected chi connectivity index (χ4v) is 2.42. The van der Waals surface area contributed by atoms with Gasteiger partial charge in [0.2, 0.25) is 0 Å². The molecule has 10 heteroatoms. The van der Waals surface area contributed by atoms with E-state index in [0.717, 1.165) is 6.08 Å². The third-order valence-corrected chi connectivity index (χ3v) is 3.41. The topological polar surface area (TPSA) is 119 Å². The zero-order valence-corrected chi connectivity index (χ0v) is 12.0. The van der Waals surface area contributed by atoms with Gasteiger partial charge in [0.15, 0.2) is 22.4 Å². The number of hydrogen-bond acceptors (Lipinski definition) is 7. The summed E-state index contributed by atoms with van der Waals surface area (Å²) in [4.78, 5) is 11.6. The summed E-state index contributed by atoms with van der Waals surface area (Å²) in [7, 11) is 0. The van der Waals surface area contributed by atoms with Crippen molar-refractivity contribution in [1.82, 2.24) is 19.5 Å². The van der Waals surface area contributed by atoms with Crippen molar-refractivity contribution in [2.45, 2.75) is 24.5 Å². The summed E-state index contributed by atoms with van der Waals surface area (Å²) in [5, 5.41) is 20.1. The Balaban J connectivity index is 2.07. The maximum absolute atomic E-state index is 12.9. The fraction of sp³-hybridized carbons (Fsp3) is 0.364. The van der Waals surface area contributed by atoms with Crippen LogP contribution in [0.3, 0.4) is 0 Å². The molecule has 4 N–H and O–H groups in total. The zero-order chi connectivity index (χ0) is 16.0. The van der Waals surface area contributed by atoms with Crippen LogP contribution in [-0.4, -0.2) is 48.0 Å². The molecule has 0 aromatic carbocycles. The standard InChI is InChI=1S/C11H11BrFN5O3/c12-5(13)1-4-7(19)8(20)11(21-4)18-3-17-6-9(14)15-2-16-10(6)18/h1-4,7-8,11,19-20H,(H2,14,15,16)/b5-1-/t4-,7-,8-,11-/m1/s1/i3T. The van der Waals surface area contributed by atoms with Gasteiger partial charge in [-0.2, -0.15) is 4.39 Å². The van der Waals surface area contributed by atoms with E-state index in [1.807, 2.05) is 0 Å². The Labute approximate surface area is 127 Å². The minimum absolute atomic E-state index is 0.0771. The molecule has 21 heavy (non-hydrogen) atoms. The molecule has 0 aliphatic carbocycles. The highest BCUT2D eigenvalue weighted by atomic mass is 79.9. The second kappa shape index (κ2) is 5.30. The van der Waals surface area contributed by atoms with Crippen LogP contribution in [0.25, 0.3) is 11.2 Å². The molecule has 4 atom stereocenters. The van der Waals surface area contributed by atoms with Gasteiger partial charge in [-0.25, -0.2) is 15.0 Å². The lowest BCUT2D eigenvalue weighted by molar-refractivity contribution is -0.0246. The summed E-state index contributed by atoms with van der Waals surface area (Å²) in [5.74, 6) is 0.0771. The maximum Gasteiger partial charge on any atom is 0.167 e. The molecule has 0 unspecified atom stereocenters. The van der Waals surface area contributed by atoms with Gasteiger partial charge in [0.25, 0.3) is 0 Å². The highest BCUT2D eigenvalue weighted by molar-refractivity contribution is 9.11. The van der Waals surface area contributed by atoms with Crippen molar-refractivity contribution < 1.29 is 20.7 Å². The van der Waals surface area contributed by atoms with E-state index in [4.69, 9.17) is 11.8 Å². The molecule has 0 spiro atoms. The van der Waals surface area contributed by atoms with Crippen molar-refractivity contribution in [3.63, 3.8) is 0 Å². The summed E-state index contributed by atoms with van der Waals surface area (Å²) in [5.41, 5.74) is 6.03.